The van der Waals surface area contributed by atoms with Crippen molar-refractivity contribution in [1.29, 1.82) is 0 Å². The van der Waals surface area contributed by atoms with Crippen molar-refractivity contribution in [1.82, 2.24) is 15.0 Å². The summed E-state index contributed by atoms with van der Waals surface area (Å²) in [6.45, 7) is 4.55. The van der Waals surface area contributed by atoms with Crippen LogP contribution >= 0.6 is 0 Å². The molecule has 5 heteroatoms. The molecule has 2 aromatic heterocycles. The van der Waals surface area contributed by atoms with E-state index in [1.54, 1.807) is 19.5 Å². The average molecular weight is 244 g/mol. The molecule has 0 aromatic carbocycles. The highest BCUT2D eigenvalue weighted by molar-refractivity contribution is 5.35. The third-order valence-electron chi connectivity index (χ3n) is 2.67. The highest BCUT2D eigenvalue weighted by atomic mass is 16.5. The largest absolute Gasteiger partial charge is 0.481 e. The van der Waals surface area contributed by atoms with Crippen molar-refractivity contribution in [2.24, 2.45) is 0 Å². The minimum absolute atomic E-state index is 0.612. The van der Waals surface area contributed by atoms with Gasteiger partial charge in [0.1, 0.15) is 5.82 Å². The van der Waals surface area contributed by atoms with Gasteiger partial charge >= 0.3 is 0 Å². The predicted octanol–water partition coefficient (Wildman–Crippen LogP) is 2.11. The van der Waals surface area contributed by atoms with Crippen LogP contribution in [0.4, 0.5) is 5.82 Å². The molecule has 0 saturated carbocycles. The Labute approximate surface area is 106 Å². The third kappa shape index (κ3) is 2.94. The lowest BCUT2D eigenvalue weighted by molar-refractivity contribution is 0.397. The number of nitrogens with one attached hydrogen (secondary N) is 1. The highest BCUT2D eigenvalue weighted by Gasteiger charge is 2.00. The number of aromatic nitrogens is 3. The summed E-state index contributed by atoms with van der Waals surface area (Å²) < 4.78 is 5.07. The fourth-order valence-corrected chi connectivity index (χ4v) is 1.49. The van der Waals surface area contributed by atoms with Gasteiger partial charge < -0.3 is 10.1 Å². The maximum atomic E-state index is 5.07. The Morgan fingerprint density at radius 2 is 2.06 bits per heavy atom. The molecule has 1 N–H and O–H groups in total. The van der Waals surface area contributed by atoms with Gasteiger partial charge in [0.15, 0.2) is 0 Å². The second kappa shape index (κ2) is 5.44. The quantitative estimate of drug-likeness (QED) is 0.892. The number of nitrogens with zero attached hydrogens (tertiary/aromatic N) is 3. The van der Waals surface area contributed by atoms with Gasteiger partial charge in [-0.05, 0) is 25.5 Å². The predicted molar refractivity (Wildman–Crippen MR) is 69.6 cm³/mol. The number of anilines is 1. The Bertz CT molecular complexity index is 542. The van der Waals surface area contributed by atoms with E-state index in [1.165, 1.54) is 0 Å². The average Bonchev–Trinajstić information content (AvgIpc) is 2.40. The standard InChI is InChI=1S/C13H16N4O/c1-9-10(2)17-12(8-15-9)16-7-11-4-5-14-13(6-11)18-3/h4-6,8H,7H2,1-3H3,(H,16,17). The normalized spacial score (nSPS) is 10.2. The van der Waals surface area contributed by atoms with Gasteiger partial charge in [0.2, 0.25) is 5.88 Å². The highest BCUT2D eigenvalue weighted by Crippen LogP contribution is 2.11. The van der Waals surface area contributed by atoms with Crippen LogP contribution in [-0.4, -0.2) is 22.1 Å². The summed E-state index contributed by atoms with van der Waals surface area (Å²) in [5.74, 6) is 1.38. The van der Waals surface area contributed by atoms with E-state index >= 15 is 0 Å². The minimum atomic E-state index is 0.612. The second-order valence-electron chi connectivity index (χ2n) is 3.99. The molecule has 0 radical (unpaired) electrons. The molecule has 0 aliphatic carbocycles. The number of hydrogen-bond donors (Lipinski definition) is 1. The van der Waals surface area contributed by atoms with E-state index in [4.69, 9.17) is 4.74 Å². The van der Waals surface area contributed by atoms with E-state index in [0.29, 0.717) is 12.4 Å². The zero-order valence-electron chi connectivity index (χ0n) is 10.8. The number of hydrogen-bond acceptors (Lipinski definition) is 5. The first-order chi connectivity index (χ1) is 8.69. The van der Waals surface area contributed by atoms with Crippen molar-refractivity contribution in [2.75, 3.05) is 12.4 Å². The van der Waals surface area contributed by atoms with Crippen LogP contribution in [0.2, 0.25) is 0 Å². The fourth-order valence-electron chi connectivity index (χ4n) is 1.49. The van der Waals surface area contributed by atoms with Crippen LogP contribution in [0.25, 0.3) is 0 Å². The van der Waals surface area contributed by atoms with Crippen molar-refractivity contribution in [3.05, 3.63) is 41.5 Å². The molecule has 0 bridgehead atoms. The molecule has 18 heavy (non-hydrogen) atoms. The first-order valence-corrected chi connectivity index (χ1v) is 5.72. The maximum absolute atomic E-state index is 5.07. The lowest BCUT2D eigenvalue weighted by atomic mass is 10.2. The number of pyridine rings is 1. The monoisotopic (exact) mass is 244 g/mol. The van der Waals surface area contributed by atoms with Gasteiger partial charge in [-0.15, -0.1) is 0 Å². The summed E-state index contributed by atoms with van der Waals surface area (Å²) in [6, 6.07) is 3.82. The van der Waals surface area contributed by atoms with Crippen molar-refractivity contribution in [2.45, 2.75) is 20.4 Å². The first-order valence-electron chi connectivity index (χ1n) is 5.72. The van der Waals surface area contributed by atoms with Crippen LogP contribution < -0.4 is 10.1 Å². The van der Waals surface area contributed by atoms with Crippen molar-refractivity contribution in [3.63, 3.8) is 0 Å². The molecule has 0 aliphatic rings. The fraction of sp³-hybridized carbons (Fsp3) is 0.308. The smallest absolute Gasteiger partial charge is 0.213 e. The van der Waals surface area contributed by atoms with E-state index in [-0.39, 0.29) is 0 Å². The van der Waals surface area contributed by atoms with Crippen LogP contribution in [0.15, 0.2) is 24.5 Å². The molecule has 0 amide bonds. The summed E-state index contributed by atoms with van der Waals surface area (Å²) >= 11 is 0. The van der Waals surface area contributed by atoms with Gasteiger partial charge in [-0.1, -0.05) is 0 Å². The topological polar surface area (TPSA) is 59.9 Å². The Morgan fingerprint density at radius 1 is 1.22 bits per heavy atom. The molecule has 0 saturated heterocycles. The molecule has 94 valence electrons. The molecule has 0 spiro atoms. The van der Waals surface area contributed by atoms with E-state index in [0.717, 1.165) is 22.8 Å². The summed E-state index contributed by atoms with van der Waals surface area (Å²) in [6.07, 6.45) is 3.46. The molecule has 0 unspecified atom stereocenters. The zero-order chi connectivity index (χ0) is 13.0. The third-order valence-corrected chi connectivity index (χ3v) is 2.67. The van der Waals surface area contributed by atoms with Crippen molar-refractivity contribution in [3.8, 4) is 5.88 Å². The van der Waals surface area contributed by atoms with Gasteiger partial charge in [0.05, 0.1) is 24.7 Å². The lowest BCUT2D eigenvalue weighted by Gasteiger charge is -2.07. The summed E-state index contributed by atoms with van der Waals surface area (Å²) in [5.41, 5.74) is 2.97. The molecular formula is C13H16N4O. The van der Waals surface area contributed by atoms with Crippen LogP contribution in [0.3, 0.4) is 0 Å². The van der Waals surface area contributed by atoms with Gasteiger partial charge in [0, 0.05) is 18.8 Å². The summed E-state index contributed by atoms with van der Waals surface area (Å²) in [4.78, 5) is 12.7. The number of aryl methyl sites for hydroxylation is 2. The summed E-state index contributed by atoms with van der Waals surface area (Å²) in [5, 5.41) is 3.22. The van der Waals surface area contributed by atoms with Crippen LogP contribution in [0, 0.1) is 13.8 Å². The molecular weight excluding hydrogens is 228 g/mol. The number of methoxy groups -OCH3 is 1. The van der Waals surface area contributed by atoms with Gasteiger partial charge in [-0.2, -0.15) is 0 Å². The van der Waals surface area contributed by atoms with Gasteiger partial charge in [-0.3, -0.25) is 4.98 Å². The van der Waals surface area contributed by atoms with Crippen LogP contribution in [0.1, 0.15) is 17.0 Å². The van der Waals surface area contributed by atoms with Gasteiger partial charge in [-0.25, -0.2) is 9.97 Å². The Hall–Kier alpha value is -2.17. The molecule has 0 fully saturated rings. The van der Waals surface area contributed by atoms with Crippen LogP contribution in [0.5, 0.6) is 5.88 Å². The molecule has 2 aromatic rings. The van der Waals surface area contributed by atoms with Crippen LogP contribution in [-0.2, 0) is 6.54 Å². The molecule has 0 aliphatic heterocycles. The van der Waals surface area contributed by atoms with Crippen molar-refractivity contribution < 1.29 is 4.74 Å². The Morgan fingerprint density at radius 3 is 2.78 bits per heavy atom. The Kier molecular flexibility index (Phi) is 3.72. The molecule has 2 heterocycles. The SMILES string of the molecule is COc1cc(CNc2cnc(C)c(C)n2)ccn1. The van der Waals surface area contributed by atoms with Gasteiger partial charge in [0.25, 0.3) is 0 Å². The second-order valence-corrected chi connectivity index (χ2v) is 3.99. The maximum Gasteiger partial charge on any atom is 0.213 e. The lowest BCUT2D eigenvalue weighted by Crippen LogP contribution is -2.04. The van der Waals surface area contributed by atoms with Crippen molar-refractivity contribution >= 4 is 5.82 Å². The van der Waals surface area contributed by atoms with E-state index in [2.05, 4.69) is 20.3 Å². The molecule has 5 nitrogen and oxygen atoms in total. The van der Waals surface area contributed by atoms with E-state index < -0.39 is 0 Å². The Balaban J connectivity index is 2.04. The summed E-state index contributed by atoms with van der Waals surface area (Å²) in [7, 11) is 1.61. The first kappa shape index (κ1) is 12.3. The van der Waals surface area contributed by atoms with E-state index in [1.807, 2.05) is 26.0 Å². The molecule has 0 atom stereocenters. The number of rotatable bonds is 4. The zero-order valence-corrected chi connectivity index (χ0v) is 10.8. The molecule has 2 rings (SSSR count). The number of ether oxygens (including phenoxy) is 1. The minimum Gasteiger partial charge on any atom is -0.481 e. The van der Waals surface area contributed by atoms with E-state index in [9.17, 15) is 0 Å².